The highest BCUT2D eigenvalue weighted by atomic mass is 32.2. The van der Waals surface area contributed by atoms with E-state index >= 15 is 0 Å². The van der Waals surface area contributed by atoms with Crippen molar-refractivity contribution >= 4 is 28.0 Å². The Morgan fingerprint density at radius 1 is 1.18 bits per heavy atom. The van der Waals surface area contributed by atoms with E-state index in [0.29, 0.717) is 19.4 Å². The molecule has 5 atom stereocenters. The summed E-state index contributed by atoms with van der Waals surface area (Å²) in [6, 6.07) is -2.71. The van der Waals surface area contributed by atoms with E-state index in [1.807, 2.05) is 6.92 Å². The van der Waals surface area contributed by atoms with Gasteiger partial charge in [0.25, 0.3) is 10.1 Å². The Hall–Kier alpha value is -2.06. The second-order valence-electron chi connectivity index (χ2n) is 11.1. The van der Waals surface area contributed by atoms with E-state index in [2.05, 4.69) is 16.0 Å². The molecule has 0 aromatic heterocycles. The van der Waals surface area contributed by atoms with Crippen LogP contribution in [0.15, 0.2) is 0 Å². The Labute approximate surface area is 228 Å². The number of unbranched alkanes of at least 4 members (excludes halogenated alkanes) is 1. The number of rotatable bonds is 14. The smallest absolute Gasteiger partial charge is 0.408 e. The molecule has 11 nitrogen and oxygen atoms in total. The van der Waals surface area contributed by atoms with E-state index < -0.39 is 57.6 Å². The number of aliphatic hydroxyl groups excluding tert-OH is 1. The average Bonchev–Trinajstić information content (AvgIpc) is 3.23. The van der Waals surface area contributed by atoms with Crippen molar-refractivity contribution in [3.05, 3.63) is 0 Å². The molecule has 1 saturated carbocycles. The predicted molar refractivity (Wildman–Crippen MR) is 138 cm³/mol. The first kappa shape index (κ1) is 33.1. The number of halogens is 2. The fourth-order valence-electron chi connectivity index (χ4n) is 5.16. The molecule has 2 unspecified atom stereocenters. The normalized spacial score (nSPS) is 23.0. The molecule has 226 valence electrons. The number of amides is 3. The molecule has 14 heteroatoms. The number of hydrogen-bond acceptors (Lipinski definition) is 7. The molecule has 0 spiro atoms. The van der Waals surface area contributed by atoms with Gasteiger partial charge in [0, 0.05) is 25.3 Å². The second-order valence-corrected chi connectivity index (χ2v) is 12.7. The van der Waals surface area contributed by atoms with Crippen molar-refractivity contribution in [3.8, 4) is 0 Å². The van der Waals surface area contributed by atoms with E-state index in [4.69, 9.17) is 4.74 Å². The highest BCUT2D eigenvalue weighted by Gasteiger charge is 2.40. The molecule has 0 aromatic rings. The van der Waals surface area contributed by atoms with E-state index in [9.17, 15) is 41.2 Å². The van der Waals surface area contributed by atoms with Crippen LogP contribution in [0.1, 0.15) is 85.0 Å². The molecular weight excluding hydrogens is 540 g/mol. The van der Waals surface area contributed by atoms with Gasteiger partial charge in [-0.05, 0) is 50.4 Å². The van der Waals surface area contributed by atoms with Crippen molar-refractivity contribution in [3.63, 3.8) is 0 Å². The lowest BCUT2D eigenvalue weighted by Crippen LogP contribution is -2.55. The Balaban J connectivity index is 2.13. The van der Waals surface area contributed by atoms with Crippen LogP contribution in [0.3, 0.4) is 0 Å². The van der Waals surface area contributed by atoms with Gasteiger partial charge in [0.15, 0.2) is 0 Å². The summed E-state index contributed by atoms with van der Waals surface area (Å²) in [4.78, 5) is 38.1. The summed E-state index contributed by atoms with van der Waals surface area (Å²) in [5.74, 6) is -4.92. The zero-order valence-electron chi connectivity index (χ0n) is 22.8. The number of alkyl halides is 2. The zero-order chi connectivity index (χ0) is 29.4. The molecular formula is C25H43F2N3O8S. The summed E-state index contributed by atoms with van der Waals surface area (Å²) < 4.78 is 65.7. The molecule has 1 aliphatic carbocycles. The molecule has 0 radical (unpaired) electrons. The first-order valence-electron chi connectivity index (χ1n) is 13.7. The maximum atomic E-state index is 13.7. The predicted octanol–water partition coefficient (Wildman–Crippen LogP) is 2.73. The van der Waals surface area contributed by atoms with E-state index in [0.717, 1.165) is 12.8 Å². The van der Waals surface area contributed by atoms with Crippen LogP contribution in [0.5, 0.6) is 0 Å². The van der Waals surface area contributed by atoms with E-state index in [1.54, 1.807) is 13.8 Å². The lowest BCUT2D eigenvalue weighted by molar-refractivity contribution is -0.126. The van der Waals surface area contributed by atoms with Crippen molar-refractivity contribution < 1.29 is 46.0 Å². The van der Waals surface area contributed by atoms with Crippen LogP contribution in [-0.2, 0) is 24.4 Å². The SMILES string of the molecule is CCCCC(OC(=O)N[C@@H](CC(C)C)C(=O)N[C@@H](C[C@@H]1CCNC1=O)C(O)S(=O)(=O)O)C1CCC(F)(F)CC1. The number of carbonyl (C=O) groups excluding carboxylic acids is 3. The summed E-state index contributed by atoms with van der Waals surface area (Å²) in [7, 11) is -4.98. The van der Waals surface area contributed by atoms with E-state index in [-0.39, 0.29) is 56.3 Å². The Morgan fingerprint density at radius 3 is 2.33 bits per heavy atom. The third kappa shape index (κ3) is 10.8. The van der Waals surface area contributed by atoms with Gasteiger partial charge < -0.3 is 25.8 Å². The number of carbonyl (C=O) groups is 3. The van der Waals surface area contributed by atoms with Crippen LogP contribution in [0, 0.1) is 17.8 Å². The van der Waals surface area contributed by atoms with Gasteiger partial charge in [0.1, 0.15) is 12.1 Å². The maximum Gasteiger partial charge on any atom is 0.408 e. The Kier molecular flexibility index (Phi) is 12.4. The molecule has 0 aromatic carbocycles. The maximum absolute atomic E-state index is 13.7. The van der Waals surface area contributed by atoms with Crippen LogP contribution in [0.4, 0.5) is 13.6 Å². The number of nitrogens with one attached hydrogen (secondary N) is 3. The third-order valence-corrected chi connectivity index (χ3v) is 8.32. The van der Waals surface area contributed by atoms with Gasteiger partial charge in [-0.1, -0.05) is 33.6 Å². The minimum atomic E-state index is -4.98. The zero-order valence-corrected chi connectivity index (χ0v) is 23.6. The quantitative estimate of drug-likeness (QED) is 0.194. The Morgan fingerprint density at radius 2 is 1.82 bits per heavy atom. The van der Waals surface area contributed by atoms with Gasteiger partial charge in [-0.25, -0.2) is 13.6 Å². The summed E-state index contributed by atoms with van der Waals surface area (Å²) >= 11 is 0. The second kappa shape index (κ2) is 14.5. The summed E-state index contributed by atoms with van der Waals surface area (Å²) in [6.45, 7) is 5.91. The number of alkyl carbamates (subject to hydrolysis) is 1. The van der Waals surface area contributed by atoms with Crippen molar-refractivity contribution in [2.45, 2.75) is 115 Å². The number of ether oxygens (including phenoxy) is 1. The van der Waals surface area contributed by atoms with Gasteiger partial charge >= 0.3 is 6.09 Å². The fourth-order valence-corrected chi connectivity index (χ4v) is 5.76. The molecule has 39 heavy (non-hydrogen) atoms. The molecule has 1 aliphatic heterocycles. The minimum Gasteiger partial charge on any atom is -0.446 e. The highest BCUT2D eigenvalue weighted by Crippen LogP contribution is 2.39. The van der Waals surface area contributed by atoms with Gasteiger partial charge in [0.05, 0.1) is 6.04 Å². The van der Waals surface area contributed by atoms with Crippen LogP contribution in [-0.4, -0.2) is 72.1 Å². The third-order valence-electron chi connectivity index (χ3n) is 7.38. The van der Waals surface area contributed by atoms with E-state index in [1.165, 1.54) is 0 Å². The summed E-state index contributed by atoms with van der Waals surface area (Å²) in [6.07, 6.45) is 0.656. The van der Waals surface area contributed by atoms with Crippen LogP contribution >= 0.6 is 0 Å². The van der Waals surface area contributed by atoms with Crippen molar-refractivity contribution in [1.29, 1.82) is 0 Å². The topological polar surface area (TPSA) is 171 Å². The highest BCUT2D eigenvalue weighted by molar-refractivity contribution is 7.86. The van der Waals surface area contributed by atoms with Gasteiger partial charge in [-0.3, -0.25) is 14.1 Å². The summed E-state index contributed by atoms with van der Waals surface area (Å²) in [5.41, 5.74) is -2.38. The van der Waals surface area contributed by atoms with Gasteiger partial charge in [0.2, 0.25) is 23.2 Å². The average molecular weight is 584 g/mol. The molecule has 1 saturated heterocycles. The van der Waals surface area contributed by atoms with Crippen molar-refractivity contribution in [2.75, 3.05) is 6.54 Å². The fraction of sp³-hybridized carbons (Fsp3) is 0.880. The lowest BCUT2D eigenvalue weighted by atomic mass is 9.81. The van der Waals surface area contributed by atoms with Crippen LogP contribution in [0.2, 0.25) is 0 Å². The lowest BCUT2D eigenvalue weighted by Gasteiger charge is -2.34. The first-order chi connectivity index (χ1) is 18.1. The van der Waals surface area contributed by atoms with Crippen molar-refractivity contribution in [1.82, 2.24) is 16.0 Å². The van der Waals surface area contributed by atoms with Gasteiger partial charge in [-0.2, -0.15) is 8.42 Å². The largest absolute Gasteiger partial charge is 0.446 e. The molecule has 1 heterocycles. The molecule has 2 fully saturated rings. The standard InChI is InChI=1S/C25H43F2N3O8S/c1-4-5-6-20(16-7-10-25(26,27)11-8-16)38-24(34)30-18(13-15(2)3)22(32)29-19(23(33)39(35,36)37)14-17-9-12-28-21(17)31/h15-20,23,33H,4-14H2,1-3H3,(H,28,31)(H,29,32)(H,30,34)(H,35,36,37)/t17-,18-,19-,20?,23?/m0/s1. The van der Waals surface area contributed by atoms with Crippen molar-refractivity contribution in [2.24, 2.45) is 17.8 Å². The van der Waals surface area contributed by atoms with Crippen LogP contribution in [0.25, 0.3) is 0 Å². The first-order valence-corrected chi connectivity index (χ1v) is 15.2. The Bertz CT molecular complexity index is 940. The summed E-state index contributed by atoms with van der Waals surface area (Å²) in [5, 5.41) is 17.7. The van der Waals surface area contributed by atoms with Gasteiger partial charge in [-0.15, -0.1) is 0 Å². The van der Waals surface area contributed by atoms with Crippen LogP contribution < -0.4 is 16.0 Å². The molecule has 2 rings (SSSR count). The molecule has 0 bridgehead atoms. The molecule has 2 aliphatic rings. The monoisotopic (exact) mass is 583 g/mol. The minimum absolute atomic E-state index is 0.0944. The number of aliphatic hydroxyl groups is 1. The number of hydrogen-bond donors (Lipinski definition) is 5. The molecule has 5 N–H and O–H groups in total. The molecule has 3 amide bonds.